The first kappa shape index (κ1) is 9.92. The SMILES string of the molecule is COc1nc(N)nc2c1SCc1ccsc1-2. The second kappa shape index (κ2) is 3.64. The Bertz CT molecular complexity index is 553. The van der Waals surface area contributed by atoms with Crippen LogP contribution in [0.5, 0.6) is 5.88 Å². The van der Waals surface area contributed by atoms with Crippen LogP contribution >= 0.6 is 23.1 Å². The maximum atomic E-state index is 5.68. The van der Waals surface area contributed by atoms with Crippen molar-refractivity contribution in [2.75, 3.05) is 12.8 Å². The molecule has 0 amide bonds. The van der Waals surface area contributed by atoms with Gasteiger partial charge in [0.25, 0.3) is 0 Å². The lowest BCUT2D eigenvalue weighted by Crippen LogP contribution is -2.04. The maximum Gasteiger partial charge on any atom is 0.232 e. The molecule has 2 N–H and O–H groups in total. The van der Waals surface area contributed by atoms with Crippen molar-refractivity contribution in [2.45, 2.75) is 10.6 Å². The van der Waals surface area contributed by atoms with Gasteiger partial charge in [-0.1, -0.05) is 0 Å². The molecule has 4 nitrogen and oxygen atoms in total. The van der Waals surface area contributed by atoms with Gasteiger partial charge in [-0.2, -0.15) is 4.98 Å². The second-order valence-corrected chi connectivity index (χ2v) is 5.23. The number of aromatic nitrogens is 2. The monoisotopic (exact) mass is 251 g/mol. The number of hydrogen-bond donors (Lipinski definition) is 1. The Balaban J connectivity index is 2.28. The van der Waals surface area contributed by atoms with Crippen molar-refractivity contribution in [3.8, 4) is 16.5 Å². The van der Waals surface area contributed by atoms with Gasteiger partial charge in [0, 0.05) is 5.75 Å². The minimum absolute atomic E-state index is 0.262. The van der Waals surface area contributed by atoms with Crippen LogP contribution in [-0.4, -0.2) is 17.1 Å². The summed E-state index contributed by atoms with van der Waals surface area (Å²) in [4.78, 5) is 10.6. The first-order chi connectivity index (χ1) is 7.79. The van der Waals surface area contributed by atoms with E-state index in [1.807, 2.05) is 0 Å². The maximum absolute atomic E-state index is 5.68. The molecule has 3 heterocycles. The summed E-state index contributed by atoms with van der Waals surface area (Å²) in [6.45, 7) is 0. The van der Waals surface area contributed by atoms with Gasteiger partial charge in [-0.25, -0.2) is 4.98 Å². The Morgan fingerprint density at radius 2 is 2.31 bits per heavy atom. The van der Waals surface area contributed by atoms with Crippen molar-refractivity contribution in [1.82, 2.24) is 9.97 Å². The first-order valence-electron chi connectivity index (χ1n) is 4.70. The summed E-state index contributed by atoms with van der Waals surface area (Å²) in [5, 5.41) is 2.07. The molecule has 16 heavy (non-hydrogen) atoms. The molecule has 1 aliphatic heterocycles. The van der Waals surface area contributed by atoms with Crippen molar-refractivity contribution in [3.63, 3.8) is 0 Å². The minimum atomic E-state index is 0.262. The summed E-state index contributed by atoms with van der Waals surface area (Å²) in [7, 11) is 1.60. The summed E-state index contributed by atoms with van der Waals surface area (Å²) in [5.41, 5.74) is 7.89. The van der Waals surface area contributed by atoms with E-state index in [0.717, 1.165) is 16.3 Å². The van der Waals surface area contributed by atoms with E-state index in [1.165, 1.54) is 10.4 Å². The Morgan fingerprint density at radius 1 is 1.44 bits per heavy atom. The molecular weight excluding hydrogens is 242 g/mol. The zero-order chi connectivity index (χ0) is 11.1. The third-order valence-corrected chi connectivity index (χ3v) is 4.45. The Kier molecular flexibility index (Phi) is 2.26. The lowest BCUT2D eigenvalue weighted by molar-refractivity contribution is 0.387. The normalized spacial score (nSPS) is 13.1. The fraction of sp³-hybridized carbons (Fsp3) is 0.200. The topological polar surface area (TPSA) is 61.0 Å². The number of methoxy groups -OCH3 is 1. The standard InChI is InChI=1S/C10H9N3OS2/c1-14-9-8-6(12-10(11)13-9)7-5(4-16-8)2-3-15-7/h2-3H,4H2,1H3,(H2,11,12,13). The quantitative estimate of drug-likeness (QED) is 0.843. The number of ether oxygens (including phenoxy) is 1. The van der Waals surface area contributed by atoms with Crippen LogP contribution in [0.25, 0.3) is 10.6 Å². The van der Waals surface area contributed by atoms with E-state index in [-0.39, 0.29) is 5.95 Å². The second-order valence-electron chi connectivity index (χ2n) is 3.33. The molecule has 0 aliphatic carbocycles. The lowest BCUT2D eigenvalue weighted by atomic mass is 10.2. The summed E-state index contributed by atoms with van der Waals surface area (Å²) >= 11 is 3.38. The van der Waals surface area contributed by atoms with Gasteiger partial charge < -0.3 is 10.5 Å². The van der Waals surface area contributed by atoms with Crippen LogP contribution in [0.4, 0.5) is 5.95 Å². The number of nitrogens with zero attached hydrogens (tertiary/aromatic N) is 2. The average Bonchev–Trinajstić information content (AvgIpc) is 2.76. The largest absolute Gasteiger partial charge is 0.480 e. The van der Waals surface area contributed by atoms with Crippen LogP contribution in [0.2, 0.25) is 0 Å². The van der Waals surface area contributed by atoms with E-state index in [2.05, 4.69) is 21.4 Å². The van der Waals surface area contributed by atoms with Gasteiger partial charge >= 0.3 is 0 Å². The Labute approximate surface area is 101 Å². The molecule has 2 aromatic heterocycles. The molecular formula is C10H9N3OS2. The molecule has 0 unspecified atom stereocenters. The minimum Gasteiger partial charge on any atom is -0.480 e. The number of thioether (sulfide) groups is 1. The summed E-state index contributed by atoms with van der Waals surface area (Å²) in [5.74, 6) is 1.78. The highest BCUT2D eigenvalue weighted by molar-refractivity contribution is 7.98. The fourth-order valence-corrected chi connectivity index (χ4v) is 3.83. The predicted octanol–water partition coefficient (Wildman–Crippen LogP) is 2.40. The van der Waals surface area contributed by atoms with Crippen molar-refractivity contribution < 1.29 is 4.74 Å². The third-order valence-electron chi connectivity index (χ3n) is 2.38. The number of thiophene rings is 1. The molecule has 0 saturated heterocycles. The van der Waals surface area contributed by atoms with Crippen molar-refractivity contribution in [2.24, 2.45) is 0 Å². The van der Waals surface area contributed by atoms with Crippen molar-refractivity contribution >= 4 is 29.0 Å². The van der Waals surface area contributed by atoms with E-state index < -0.39 is 0 Å². The highest BCUT2D eigenvalue weighted by atomic mass is 32.2. The lowest BCUT2D eigenvalue weighted by Gasteiger charge is -2.16. The summed E-state index contributed by atoms with van der Waals surface area (Å²) in [6, 6.07) is 2.13. The van der Waals surface area contributed by atoms with E-state index >= 15 is 0 Å². The van der Waals surface area contributed by atoms with Crippen LogP contribution in [0.15, 0.2) is 16.3 Å². The van der Waals surface area contributed by atoms with Gasteiger partial charge in [0.1, 0.15) is 5.69 Å². The molecule has 0 bridgehead atoms. The van der Waals surface area contributed by atoms with Crippen LogP contribution in [0.1, 0.15) is 5.56 Å². The highest BCUT2D eigenvalue weighted by Gasteiger charge is 2.24. The molecule has 82 valence electrons. The first-order valence-corrected chi connectivity index (χ1v) is 6.57. The molecule has 0 spiro atoms. The molecule has 0 radical (unpaired) electrons. The fourth-order valence-electron chi connectivity index (χ4n) is 1.68. The third kappa shape index (κ3) is 1.37. The molecule has 6 heteroatoms. The Hall–Kier alpha value is -1.27. The van der Waals surface area contributed by atoms with Crippen LogP contribution in [0, 0.1) is 0 Å². The zero-order valence-corrected chi connectivity index (χ0v) is 10.2. The number of nitrogen functional groups attached to an aromatic ring is 1. The Morgan fingerprint density at radius 3 is 3.12 bits per heavy atom. The summed E-state index contributed by atoms with van der Waals surface area (Å²) in [6.07, 6.45) is 0. The number of fused-ring (bicyclic) bond motifs is 3. The summed E-state index contributed by atoms with van der Waals surface area (Å²) < 4.78 is 5.24. The molecule has 0 aromatic carbocycles. The van der Waals surface area contributed by atoms with Gasteiger partial charge in [0.15, 0.2) is 0 Å². The van der Waals surface area contributed by atoms with E-state index in [1.54, 1.807) is 30.2 Å². The average molecular weight is 251 g/mol. The van der Waals surface area contributed by atoms with Gasteiger partial charge in [-0.3, -0.25) is 0 Å². The highest BCUT2D eigenvalue weighted by Crippen LogP contribution is 2.46. The smallest absolute Gasteiger partial charge is 0.232 e. The van der Waals surface area contributed by atoms with E-state index in [9.17, 15) is 0 Å². The molecule has 0 atom stereocenters. The molecule has 0 saturated carbocycles. The van der Waals surface area contributed by atoms with Gasteiger partial charge in [-0.15, -0.1) is 23.1 Å². The van der Waals surface area contributed by atoms with E-state index in [4.69, 9.17) is 10.5 Å². The molecule has 1 aliphatic rings. The molecule has 3 rings (SSSR count). The van der Waals surface area contributed by atoms with Crippen LogP contribution in [0.3, 0.4) is 0 Å². The van der Waals surface area contributed by atoms with Gasteiger partial charge in [-0.05, 0) is 17.0 Å². The van der Waals surface area contributed by atoms with E-state index in [0.29, 0.717) is 5.88 Å². The number of hydrogen-bond acceptors (Lipinski definition) is 6. The molecule has 2 aromatic rings. The van der Waals surface area contributed by atoms with Crippen LogP contribution < -0.4 is 10.5 Å². The number of anilines is 1. The molecule has 0 fully saturated rings. The zero-order valence-electron chi connectivity index (χ0n) is 8.56. The number of nitrogens with two attached hydrogens (primary N) is 1. The number of rotatable bonds is 1. The van der Waals surface area contributed by atoms with Crippen molar-refractivity contribution in [1.29, 1.82) is 0 Å². The predicted molar refractivity (Wildman–Crippen MR) is 65.9 cm³/mol. The van der Waals surface area contributed by atoms with Gasteiger partial charge in [0.2, 0.25) is 11.8 Å². The van der Waals surface area contributed by atoms with Crippen molar-refractivity contribution in [3.05, 3.63) is 17.0 Å². The van der Waals surface area contributed by atoms with Gasteiger partial charge in [0.05, 0.1) is 16.9 Å². The van der Waals surface area contributed by atoms with Crippen LogP contribution in [-0.2, 0) is 5.75 Å².